The van der Waals surface area contributed by atoms with Crippen molar-refractivity contribution in [2.75, 3.05) is 18.9 Å². The minimum Gasteiger partial charge on any atom is -0.496 e. The smallest absolute Gasteiger partial charge is 0.265 e. The number of methoxy groups -OCH3 is 2. The van der Waals surface area contributed by atoms with Gasteiger partial charge in [-0.15, -0.1) is 0 Å². The third kappa shape index (κ3) is 3.53. The molecule has 124 valence electrons. The Kier molecular flexibility index (Phi) is 4.74. The van der Waals surface area contributed by atoms with Gasteiger partial charge in [0.1, 0.15) is 16.4 Å². The number of nitrogens with one attached hydrogen (secondary N) is 1. The van der Waals surface area contributed by atoms with Gasteiger partial charge in [-0.1, -0.05) is 0 Å². The number of benzene rings is 2. The van der Waals surface area contributed by atoms with Gasteiger partial charge in [-0.3, -0.25) is 4.72 Å². The topological polar surface area (TPSA) is 64.6 Å². The molecule has 0 aliphatic heterocycles. The average Bonchev–Trinajstić information content (AvgIpc) is 2.50. The zero-order chi connectivity index (χ0) is 17.2. The van der Waals surface area contributed by atoms with Gasteiger partial charge in [0, 0.05) is 12.1 Å². The van der Waals surface area contributed by atoms with E-state index in [-0.39, 0.29) is 16.3 Å². The van der Waals surface area contributed by atoms with Crippen molar-refractivity contribution in [2.24, 2.45) is 0 Å². The number of sulfonamides is 1. The Morgan fingerprint density at radius 3 is 2.17 bits per heavy atom. The molecule has 0 unspecified atom stereocenters. The maximum absolute atomic E-state index is 13.2. The third-order valence-corrected chi connectivity index (χ3v) is 4.54. The summed E-state index contributed by atoms with van der Waals surface area (Å²) in [5, 5.41) is 0. The fraction of sp³-hybridized carbons (Fsp3) is 0.200. The predicted octanol–water partition coefficient (Wildman–Crippen LogP) is 3.09. The highest BCUT2D eigenvalue weighted by Gasteiger charge is 2.22. The highest BCUT2D eigenvalue weighted by molar-refractivity contribution is 7.92. The molecule has 0 atom stereocenters. The lowest BCUT2D eigenvalue weighted by Gasteiger charge is -2.14. The maximum atomic E-state index is 13.2. The molecule has 0 aromatic heterocycles. The highest BCUT2D eigenvalue weighted by atomic mass is 32.2. The predicted molar refractivity (Wildman–Crippen MR) is 81.4 cm³/mol. The summed E-state index contributed by atoms with van der Waals surface area (Å²) in [5.74, 6) is -1.75. The molecule has 0 bridgehead atoms. The van der Waals surface area contributed by atoms with Gasteiger partial charge in [0.05, 0.1) is 19.9 Å². The number of aryl methyl sites for hydroxylation is 1. The number of halogens is 2. The molecule has 0 fully saturated rings. The van der Waals surface area contributed by atoms with Crippen molar-refractivity contribution >= 4 is 15.7 Å². The summed E-state index contributed by atoms with van der Waals surface area (Å²) in [5.41, 5.74) is 0.585. The zero-order valence-corrected chi connectivity index (χ0v) is 13.5. The van der Waals surface area contributed by atoms with Gasteiger partial charge in [0.15, 0.2) is 11.6 Å². The van der Waals surface area contributed by atoms with E-state index in [1.54, 1.807) is 6.92 Å². The lowest BCUT2D eigenvalue weighted by atomic mass is 10.2. The van der Waals surface area contributed by atoms with Crippen LogP contribution in [-0.4, -0.2) is 22.6 Å². The van der Waals surface area contributed by atoms with Crippen LogP contribution in [0.2, 0.25) is 0 Å². The third-order valence-electron chi connectivity index (χ3n) is 3.14. The quantitative estimate of drug-likeness (QED) is 0.906. The molecular weight excluding hydrogens is 328 g/mol. The number of anilines is 1. The average molecular weight is 343 g/mol. The summed E-state index contributed by atoms with van der Waals surface area (Å²) in [6, 6.07) is 5.52. The first kappa shape index (κ1) is 17.0. The minimum absolute atomic E-state index is 0.106. The number of hydrogen-bond acceptors (Lipinski definition) is 4. The summed E-state index contributed by atoms with van der Waals surface area (Å²) >= 11 is 0. The van der Waals surface area contributed by atoms with Crippen LogP contribution < -0.4 is 14.2 Å². The Labute approximate surface area is 132 Å². The van der Waals surface area contributed by atoms with Gasteiger partial charge in [-0.05, 0) is 30.7 Å². The van der Waals surface area contributed by atoms with E-state index in [0.29, 0.717) is 11.3 Å². The van der Waals surface area contributed by atoms with Crippen LogP contribution in [0.25, 0.3) is 0 Å². The second-order valence-electron chi connectivity index (χ2n) is 4.71. The van der Waals surface area contributed by atoms with Crippen molar-refractivity contribution in [3.8, 4) is 11.5 Å². The summed E-state index contributed by atoms with van der Waals surface area (Å²) in [6.45, 7) is 1.74. The molecule has 2 aromatic rings. The molecule has 5 nitrogen and oxygen atoms in total. The molecule has 0 saturated heterocycles. The second kappa shape index (κ2) is 6.41. The van der Waals surface area contributed by atoms with Crippen LogP contribution in [0, 0.1) is 18.6 Å². The van der Waals surface area contributed by atoms with Crippen molar-refractivity contribution in [1.29, 1.82) is 0 Å². The summed E-state index contributed by atoms with van der Waals surface area (Å²) in [6.07, 6.45) is 0. The molecule has 2 aromatic carbocycles. The van der Waals surface area contributed by atoms with Crippen LogP contribution in [0.3, 0.4) is 0 Å². The van der Waals surface area contributed by atoms with Crippen LogP contribution in [0.1, 0.15) is 5.56 Å². The summed E-state index contributed by atoms with van der Waals surface area (Å²) < 4.78 is 63.5. The zero-order valence-electron chi connectivity index (χ0n) is 12.7. The highest BCUT2D eigenvalue weighted by Crippen LogP contribution is 2.32. The van der Waals surface area contributed by atoms with Crippen molar-refractivity contribution in [3.05, 3.63) is 47.5 Å². The van der Waals surface area contributed by atoms with Crippen molar-refractivity contribution in [2.45, 2.75) is 11.8 Å². The van der Waals surface area contributed by atoms with E-state index >= 15 is 0 Å². The van der Waals surface area contributed by atoms with Crippen molar-refractivity contribution in [3.63, 3.8) is 0 Å². The SMILES string of the molecule is COc1cc(S(=O)(=O)Nc2ccc(F)c(F)c2)c(OC)cc1C. The van der Waals surface area contributed by atoms with E-state index in [1.165, 1.54) is 26.4 Å². The molecule has 2 rings (SSSR count). The fourth-order valence-corrected chi connectivity index (χ4v) is 3.22. The normalized spacial score (nSPS) is 11.2. The molecule has 1 N–H and O–H groups in total. The van der Waals surface area contributed by atoms with Crippen LogP contribution in [0.15, 0.2) is 35.2 Å². The van der Waals surface area contributed by atoms with Crippen molar-refractivity contribution in [1.82, 2.24) is 0 Å². The summed E-state index contributed by atoms with van der Waals surface area (Å²) in [4.78, 5) is -0.174. The molecular formula is C15H15F2NO4S. The molecule has 23 heavy (non-hydrogen) atoms. The Morgan fingerprint density at radius 2 is 1.61 bits per heavy atom. The van der Waals surface area contributed by atoms with E-state index in [4.69, 9.17) is 9.47 Å². The molecule has 8 heteroatoms. The molecule has 0 amide bonds. The number of ether oxygens (including phenoxy) is 2. The van der Waals surface area contributed by atoms with Crippen LogP contribution in [0.5, 0.6) is 11.5 Å². The van der Waals surface area contributed by atoms with Gasteiger partial charge in [0.2, 0.25) is 0 Å². The largest absolute Gasteiger partial charge is 0.496 e. The molecule has 0 aliphatic rings. The molecule has 0 aliphatic carbocycles. The molecule has 0 saturated carbocycles. The van der Waals surface area contributed by atoms with Gasteiger partial charge < -0.3 is 9.47 Å². The van der Waals surface area contributed by atoms with E-state index in [2.05, 4.69) is 4.72 Å². The van der Waals surface area contributed by atoms with Crippen LogP contribution in [-0.2, 0) is 10.0 Å². The molecule has 0 spiro atoms. The van der Waals surface area contributed by atoms with Gasteiger partial charge in [-0.2, -0.15) is 0 Å². The number of rotatable bonds is 5. The number of hydrogen-bond donors (Lipinski definition) is 1. The van der Waals surface area contributed by atoms with Crippen LogP contribution >= 0.6 is 0 Å². The van der Waals surface area contributed by atoms with Gasteiger partial charge >= 0.3 is 0 Å². The van der Waals surface area contributed by atoms with E-state index in [0.717, 1.165) is 18.2 Å². The Morgan fingerprint density at radius 1 is 0.957 bits per heavy atom. The summed E-state index contributed by atoms with van der Waals surface area (Å²) in [7, 11) is -1.34. The van der Waals surface area contributed by atoms with E-state index < -0.39 is 21.7 Å². The minimum atomic E-state index is -4.08. The molecule has 0 radical (unpaired) electrons. The first-order chi connectivity index (χ1) is 10.8. The van der Waals surface area contributed by atoms with Gasteiger partial charge in [0.25, 0.3) is 10.0 Å². The Bertz CT molecular complexity index is 838. The second-order valence-corrected chi connectivity index (χ2v) is 6.36. The lowest BCUT2D eigenvalue weighted by molar-refractivity contribution is 0.390. The monoisotopic (exact) mass is 343 g/mol. The maximum Gasteiger partial charge on any atom is 0.265 e. The van der Waals surface area contributed by atoms with Crippen LogP contribution in [0.4, 0.5) is 14.5 Å². The fourth-order valence-electron chi connectivity index (χ4n) is 2.00. The van der Waals surface area contributed by atoms with Crippen molar-refractivity contribution < 1.29 is 26.7 Å². The molecule has 0 heterocycles. The Balaban J connectivity index is 2.48. The van der Waals surface area contributed by atoms with Gasteiger partial charge in [-0.25, -0.2) is 17.2 Å². The first-order valence-corrected chi connectivity index (χ1v) is 7.97. The Hall–Kier alpha value is -2.35. The van der Waals surface area contributed by atoms with E-state index in [9.17, 15) is 17.2 Å². The first-order valence-electron chi connectivity index (χ1n) is 6.49. The standard InChI is InChI=1S/C15H15F2NO4S/c1-9-6-14(22-3)15(8-13(9)21-2)23(19,20)18-10-4-5-11(16)12(17)7-10/h4-8,18H,1-3H3. The van der Waals surface area contributed by atoms with E-state index in [1.807, 2.05) is 0 Å². The lowest BCUT2D eigenvalue weighted by Crippen LogP contribution is -2.14.